The molecule has 5 nitrogen and oxygen atoms in total. The summed E-state index contributed by atoms with van der Waals surface area (Å²) in [5, 5.41) is 0. The smallest absolute Gasteiger partial charge is 0.233 e. The number of sulfonamides is 1. The van der Waals surface area contributed by atoms with Crippen molar-refractivity contribution in [3.05, 3.63) is 18.2 Å². The van der Waals surface area contributed by atoms with E-state index in [0.717, 1.165) is 21.0 Å². The zero-order valence-electron chi connectivity index (χ0n) is 15.0. The fourth-order valence-corrected chi connectivity index (χ4v) is 8.12. The van der Waals surface area contributed by atoms with E-state index >= 15 is 0 Å². The van der Waals surface area contributed by atoms with E-state index in [0.29, 0.717) is 24.4 Å². The number of carbonyl (C=O) groups excluding carboxylic acids is 1. The van der Waals surface area contributed by atoms with Crippen LogP contribution in [0.1, 0.15) is 33.1 Å². The van der Waals surface area contributed by atoms with Gasteiger partial charge in [0.05, 0.1) is 27.1 Å². The Hall–Kier alpha value is -1.12. The van der Waals surface area contributed by atoms with Crippen LogP contribution in [-0.4, -0.2) is 31.2 Å². The first-order chi connectivity index (χ1) is 12.2. The molecule has 0 saturated heterocycles. The van der Waals surface area contributed by atoms with Gasteiger partial charge in [-0.05, 0) is 48.6 Å². The van der Waals surface area contributed by atoms with Crippen LogP contribution in [-0.2, 0) is 14.8 Å². The second kappa shape index (κ2) is 5.94. The summed E-state index contributed by atoms with van der Waals surface area (Å²) in [4.78, 5) is 17.1. The number of nitrogens with zero attached hydrogens (tertiary/aromatic N) is 1. The maximum Gasteiger partial charge on any atom is 0.233 e. The molecule has 2 saturated carbocycles. The predicted molar refractivity (Wildman–Crippen MR) is 107 cm³/mol. The number of benzene rings is 1. The summed E-state index contributed by atoms with van der Waals surface area (Å²) in [5.74, 6) is 0.300. The topological polar surface area (TPSA) is 76.1 Å². The van der Waals surface area contributed by atoms with Gasteiger partial charge >= 0.3 is 0 Å². The number of nitrogens with one attached hydrogen (secondary N) is 1. The standard InChI is InChI=1S/C18H22N2O3S3/c1-17(2)11-6-7-18(17,15(21)8-11)10-26(22,23)20-12-4-5-13-14(9-12)25-16(19-13)24-3/h4-5,9,11,20H,6-8,10H2,1-3H3/t11-,18-/m0/s1. The molecule has 2 aliphatic rings. The number of hydrogen-bond acceptors (Lipinski definition) is 6. The Morgan fingerprint density at radius 2 is 2.15 bits per heavy atom. The van der Waals surface area contributed by atoms with Crippen molar-refractivity contribution < 1.29 is 13.2 Å². The fourth-order valence-electron chi connectivity index (χ4n) is 4.70. The van der Waals surface area contributed by atoms with Crippen LogP contribution in [0.2, 0.25) is 0 Å². The van der Waals surface area contributed by atoms with Gasteiger partial charge in [-0.25, -0.2) is 13.4 Å². The number of thioether (sulfide) groups is 1. The SMILES string of the molecule is CSc1nc2ccc(NS(=O)(=O)C[C@@]34CC[C@@H](CC3=O)C4(C)C)cc2s1. The third-order valence-electron chi connectivity index (χ3n) is 6.39. The van der Waals surface area contributed by atoms with E-state index in [-0.39, 0.29) is 17.0 Å². The molecule has 2 aliphatic carbocycles. The molecule has 0 unspecified atom stereocenters. The summed E-state index contributed by atoms with van der Waals surface area (Å²) in [6, 6.07) is 5.39. The number of hydrogen-bond donors (Lipinski definition) is 1. The van der Waals surface area contributed by atoms with Crippen LogP contribution in [0, 0.1) is 16.7 Å². The van der Waals surface area contributed by atoms with E-state index in [9.17, 15) is 13.2 Å². The number of Topliss-reactive ketones (excluding diaryl/α,β-unsaturated/α-hetero) is 1. The molecule has 8 heteroatoms. The average molecular weight is 411 g/mol. The first-order valence-electron chi connectivity index (χ1n) is 8.65. The van der Waals surface area contributed by atoms with Gasteiger partial charge in [0.15, 0.2) is 4.34 Å². The minimum atomic E-state index is -3.63. The van der Waals surface area contributed by atoms with Crippen molar-refractivity contribution in [2.24, 2.45) is 16.7 Å². The third kappa shape index (κ3) is 2.68. The Bertz CT molecular complexity index is 996. The highest BCUT2D eigenvalue weighted by molar-refractivity contribution is 8.00. The molecule has 1 N–H and O–H groups in total. The van der Waals surface area contributed by atoms with Gasteiger partial charge in [0.2, 0.25) is 10.0 Å². The molecule has 4 rings (SSSR count). The minimum absolute atomic E-state index is 0.117. The summed E-state index contributed by atoms with van der Waals surface area (Å²) in [6.45, 7) is 4.11. The third-order valence-corrected chi connectivity index (χ3v) is 9.82. The van der Waals surface area contributed by atoms with Crippen LogP contribution < -0.4 is 4.72 Å². The number of fused-ring (bicyclic) bond motifs is 3. The molecule has 1 aromatic heterocycles. The quantitative estimate of drug-likeness (QED) is 0.749. The van der Waals surface area contributed by atoms with Gasteiger partial charge in [0.25, 0.3) is 0 Å². The van der Waals surface area contributed by atoms with Crippen molar-refractivity contribution >= 4 is 54.8 Å². The highest BCUT2D eigenvalue weighted by atomic mass is 32.2. The van der Waals surface area contributed by atoms with Crippen molar-refractivity contribution in [2.75, 3.05) is 16.7 Å². The number of carbonyl (C=O) groups is 1. The van der Waals surface area contributed by atoms with E-state index in [2.05, 4.69) is 23.6 Å². The highest BCUT2D eigenvalue weighted by Crippen LogP contribution is 2.64. The zero-order valence-corrected chi connectivity index (χ0v) is 17.5. The molecule has 2 bridgehead atoms. The van der Waals surface area contributed by atoms with Crippen LogP contribution in [0.15, 0.2) is 22.5 Å². The average Bonchev–Trinajstić information content (AvgIpc) is 3.12. The molecular formula is C18H22N2O3S3. The van der Waals surface area contributed by atoms with Gasteiger partial charge in [-0.2, -0.15) is 0 Å². The largest absolute Gasteiger partial charge is 0.299 e. The van der Waals surface area contributed by atoms with Gasteiger partial charge in [0.1, 0.15) is 5.78 Å². The van der Waals surface area contributed by atoms with Crippen LogP contribution in [0.25, 0.3) is 10.2 Å². The number of ketones is 1. The van der Waals surface area contributed by atoms with Gasteiger partial charge in [-0.1, -0.05) is 25.6 Å². The summed E-state index contributed by atoms with van der Waals surface area (Å²) < 4.78 is 30.4. The lowest BCUT2D eigenvalue weighted by Gasteiger charge is -2.36. The fraction of sp³-hybridized carbons (Fsp3) is 0.556. The number of aromatic nitrogens is 1. The van der Waals surface area contributed by atoms with Crippen LogP contribution in [0.5, 0.6) is 0 Å². The molecule has 2 aromatic rings. The maximum absolute atomic E-state index is 12.9. The lowest BCUT2D eigenvalue weighted by molar-refractivity contribution is -0.128. The van der Waals surface area contributed by atoms with E-state index in [1.54, 1.807) is 29.2 Å². The van der Waals surface area contributed by atoms with Gasteiger partial charge in [-0.3, -0.25) is 9.52 Å². The summed E-state index contributed by atoms with van der Waals surface area (Å²) in [5.41, 5.74) is 0.396. The molecule has 0 radical (unpaired) electrons. The second-order valence-electron chi connectivity index (χ2n) is 7.89. The Balaban J connectivity index is 1.61. The van der Waals surface area contributed by atoms with Crippen LogP contribution in [0.4, 0.5) is 5.69 Å². The molecule has 1 heterocycles. The Labute approximate surface area is 162 Å². The van der Waals surface area contributed by atoms with Crippen molar-refractivity contribution in [3.8, 4) is 0 Å². The van der Waals surface area contributed by atoms with Crippen LogP contribution >= 0.6 is 23.1 Å². The second-order valence-corrected chi connectivity index (χ2v) is 11.7. The molecule has 26 heavy (non-hydrogen) atoms. The molecule has 2 atom stereocenters. The Morgan fingerprint density at radius 1 is 1.38 bits per heavy atom. The first kappa shape index (κ1) is 18.3. The molecule has 2 fully saturated rings. The van der Waals surface area contributed by atoms with Crippen molar-refractivity contribution in [2.45, 2.75) is 37.4 Å². The van der Waals surface area contributed by atoms with E-state index in [4.69, 9.17) is 0 Å². The monoisotopic (exact) mass is 410 g/mol. The predicted octanol–water partition coefficient (Wildman–Crippen LogP) is 4.16. The lowest BCUT2D eigenvalue weighted by atomic mass is 9.70. The minimum Gasteiger partial charge on any atom is -0.299 e. The van der Waals surface area contributed by atoms with E-state index in [1.807, 2.05) is 18.4 Å². The van der Waals surface area contributed by atoms with Gasteiger partial charge in [-0.15, -0.1) is 11.3 Å². The summed E-state index contributed by atoms with van der Waals surface area (Å²) in [7, 11) is -3.63. The van der Waals surface area contributed by atoms with E-state index in [1.165, 1.54) is 0 Å². The van der Waals surface area contributed by atoms with Crippen molar-refractivity contribution in [1.82, 2.24) is 4.98 Å². The molecule has 0 amide bonds. The van der Waals surface area contributed by atoms with Gasteiger partial charge in [0, 0.05) is 6.42 Å². The van der Waals surface area contributed by atoms with Crippen molar-refractivity contribution in [1.29, 1.82) is 0 Å². The molecule has 0 spiro atoms. The summed E-state index contributed by atoms with van der Waals surface area (Å²) >= 11 is 3.12. The molecule has 0 aliphatic heterocycles. The number of thiazole rings is 1. The summed E-state index contributed by atoms with van der Waals surface area (Å²) in [6.07, 6.45) is 4.11. The van der Waals surface area contributed by atoms with Crippen molar-refractivity contribution in [3.63, 3.8) is 0 Å². The van der Waals surface area contributed by atoms with E-state index < -0.39 is 15.4 Å². The number of rotatable bonds is 5. The lowest BCUT2D eigenvalue weighted by Crippen LogP contribution is -2.43. The molecule has 140 valence electrons. The van der Waals surface area contributed by atoms with Gasteiger partial charge < -0.3 is 0 Å². The molecule has 1 aromatic carbocycles. The Kier molecular flexibility index (Phi) is 4.17. The normalized spacial score (nSPS) is 27.3. The zero-order chi connectivity index (χ0) is 18.7. The first-order valence-corrected chi connectivity index (χ1v) is 12.3. The molecular weight excluding hydrogens is 388 g/mol. The number of anilines is 1. The highest BCUT2D eigenvalue weighted by Gasteiger charge is 2.65. The Morgan fingerprint density at radius 3 is 2.77 bits per heavy atom. The maximum atomic E-state index is 12.9. The van der Waals surface area contributed by atoms with Crippen LogP contribution in [0.3, 0.4) is 0 Å².